The van der Waals surface area contributed by atoms with E-state index in [1.165, 1.54) is 0 Å². The fourth-order valence-electron chi connectivity index (χ4n) is 1.95. The Morgan fingerprint density at radius 1 is 1.12 bits per heavy atom. The Kier molecular flexibility index (Phi) is 7.11. The molecule has 0 saturated heterocycles. The second-order valence-corrected chi connectivity index (χ2v) is 6.85. The van der Waals surface area contributed by atoms with Gasteiger partial charge in [-0.1, -0.05) is 45.2 Å². The molecule has 0 atom stereocenters. The van der Waals surface area contributed by atoms with Crippen LogP contribution in [0, 0.1) is 6.92 Å². The van der Waals surface area contributed by atoms with Crippen LogP contribution in [0.1, 0.15) is 5.56 Å². The number of carbonyl (C=O) groups is 2. The normalized spacial score (nSPS) is 10.2. The van der Waals surface area contributed by atoms with Gasteiger partial charge in [0, 0.05) is 10.2 Å². The number of halogens is 3. The number of benzene rings is 2. The van der Waals surface area contributed by atoms with Crippen molar-refractivity contribution in [1.29, 1.82) is 0 Å². The molecule has 0 aliphatic heterocycles. The summed E-state index contributed by atoms with van der Waals surface area (Å²) in [5.74, 6) is -0.566. The fraction of sp³-hybridized carbons (Fsp3) is 0.176. The van der Waals surface area contributed by atoms with Crippen LogP contribution in [0.3, 0.4) is 0 Å². The summed E-state index contributed by atoms with van der Waals surface area (Å²) in [7, 11) is 0. The van der Waals surface area contributed by atoms with E-state index in [0.717, 1.165) is 10.0 Å². The fourth-order valence-corrected chi connectivity index (χ4v) is 2.93. The molecule has 0 aliphatic carbocycles. The summed E-state index contributed by atoms with van der Waals surface area (Å²) < 4.78 is 6.22. The average molecular weight is 446 g/mol. The third-order valence-electron chi connectivity index (χ3n) is 3.18. The number of anilines is 1. The number of nitrogens with one attached hydrogen (secondary N) is 2. The van der Waals surface area contributed by atoms with E-state index in [1.54, 1.807) is 24.3 Å². The molecule has 2 aromatic rings. The monoisotopic (exact) mass is 444 g/mol. The minimum atomic E-state index is -0.460. The standard InChI is InChI=1S/C17H15BrCl2N2O3/c1-10-7-11(18)5-6-14(10)22-15(23)8-21-16(24)9-25-17-12(19)3-2-4-13(17)20/h2-7H,8-9H2,1H3,(H,21,24)(H,22,23). The molecule has 0 spiro atoms. The molecule has 5 nitrogen and oxygen atoms in total. The van der Waals surface area contributed by atoms with Gasteiger partial charge in [0.25, 0.3) is 5.91 Å². The van der Waals surface area contributed by atoms with E-state index < -0.39 is 5.91 Å². The van der Waals surface area contributed by atoms with Gasteiger partial charge in [-0.15, -0.1) is 0 Å². The van der Waals surface area contributed by atoms with Gasteiger partial charge in [-0.05, 0) is 42.8 Å². The number of hydrogen-bond acceptors (Lipinski definition) is 3. The van der Waals surface area contributed by atoms with E-state index in [4.69, 9.17) is 27.9 Å². The van der Waals surface area contributed by atoms with Crippen molar-refractivity contribution in [2.75, 3.05) is 18.5 Å². The third-order valence-corrected chi connectivity index (χ3v) is 4.26. The molecule has 0 radical (unpaired) electrons. The van der Waals surface area contributed by atoms with Crippen molar-refractivity contribution >= 4 is 56.6 Å². The third kappa shape index (κ3) is 5.92. The van der Waals surface area contributed by atoms with Crippen LogP contribution >= 0.6 is 39.1 Å². The van der Waals surface area contributed by atoms with E-state index in [2.05, 4.69) is 26.6 Å². The van der Waals surface area contributed by atoms with Crippen LogP contribution in [0.15, 0.2) is 40.9 Å². The topological polar surface area (TPSA) is 67.4 Å². The lowest BCUT2D eigenvalue weighted by Gasteiger charge is -2.11. The summed E-state index contributed by atoms with van der Waals surface area (Å²) in [6.07, 6.45) is 0. The maximum atomic E-state index is 11.9. The molecule has 8 heteroatoms. The highest BCUT2D eigenvalue weighted by atomic mass is 79.9. The highest BCUT2D eigenvalue weighted by Crippen LogP contribution is 2.32. The lowest BCUT2D eigenvalue weighted by Crippen LogP contribution is -2.35. The lowest BCUT2D eigenvalue weighted by atomic mass is 10.2. The first-order valence-corrected chi connectivity index (χ1v) is 8.81. The molecule has 2 N–H and O–H groups in total. The van der Waals surface area contributed by atoms with Crippen molar-refractivity contribution in [3.63, 3.8) is 0 Å². The molecule has 0 saturated carbocycles. The maximum Gasteiger partial charge on any atom is 0.258 e. The second kappa shape index (κ2) is 9.08. The predicted octanol–water partition coefficient (Wildman–Crippen LogP) is 4.20. The molecule has 0 unspecified atom stereocenters. The molecule has 2 aromatic carbocycles. The zero-order valence-corrected chi connectivity index (χ0v) is 16.3. The van der Waals surface area contributed by atoms with Gasteiger partial charge in [0.05, 0.1) is 16.6 Å². The van der Waals surface area contributed by atoms with Crippen molar-refractivity contribution in [2.24, 2.45) is 0 Å². The lowest BCUT2D eigenvalue weighted by molar-refractivity contribution is -0.125. The molecular formula is C17H15BrCl2N2O3. The Labute approximate surface area is 163 Å². The summed E-state index contributed by atoms with van der Waals surface area (Å²) >= 11 is 15.3. The van der Waals surface area contributed by atoms with Gasteiger partial charge >= 0.3 is 0 Å². The summed E-state index contributed by atoms with van der Waals surface area (Å²) in [5, 5.41) is 5.82. The molecule has 132 valence electrons. The Balaban J connectivity index is 1.80. The first-order valence-electron chi connectivity index (χ1n) is 7.26. The smallest absolute Gasteiger partial charge is 0.258 e. The number of para-hydroxylation sites is 1. The quantitative estimate of drug-likeness (QED) is 0.700. The van der Waals surface area contributed by atoms with Crippen molar-refractivity contribution < 1.29 is 14.3 Å². The van der Waals surface area contributed by atoms with Gasteiger partial charge in [-0.2, -0.15) is 0 Å². The van der Waals surface area contributed by atoms with Gasteiger partial charge in [0.1, 0.15) is 0 Å². The average Bonchev–Trinajstić information content (AvgIpc) is 2.55. The zero-order valence-electron chi connectivity index (χ0n) is 13.2. The van der Waals surface area contributed by atoms with Crippen LogP contribution in [0.2, 0.25) is 10.0 Å². The molecular weight excluding hydrogens is 431 g/mol. The molecule has 0 bridgehead atoms. The maximum absolute atomic E-state index is 11.9. The zero-order chi connectivity index (χ0) is 18.4. The van der Waals surface area contributed by atoms with Crippen LogP contribution in [0.5, 0.6) is 5.75 Å². The van der Waals surface area contributed by atoms with Crippen molar-refractivity contribution in [1.82, 2.24) is 5.32 Å². The van der Waals surface area contributed by atoms with Crippen LogP contribution in [-0.2, 0) is 9.59 Å². The van der Waals surface area contributed by atoms with Gasteiger partial charge < -0.3 is 15.4 Å². The van der Waals surface area contributed by atoms with Crippen LogP contribution in [-0.4, -0.2) is 25.0 Å². The number of carbonyl (C=O) groups excluding carboxylic acids is 2. The molecule has 0 heterocycles. The molecule has 0 fully saturated rings. The minimum Gasteiger partial charge on any atom is -0.481 e. The van der Waals surface area contributed by atoms with Gasteiger partial charge in [-0.3, -0.25) is 9.59 Å². The SMILES string of the molecule is Cc1cc(Br)ccc1NC(=O)CNC(=O)COc1c(Cl)cccc1Cl. The second-order valence-electron chi connectivity index (χ2n) is 5.12. The molecule has 25 heavy (non-hydrogen) atoms. The van der Waals surface area contributed by atoms with E-state index in [9.17, 15) is 9.59 Å². The Hall–Kier alpha value is -1.76. The summed E-state index contributed by atoms with van der Waals surface area (Å²) in [5.41, 5.74) is 1.59. The van der Waals surface area contributed by atoms with Gasteiger partial charge in [0.2, 0.25) is 5.91 Å². The largest absolute Gasteiger partial charge is 0.481 e. The van der Waals surface area contributed by atoms with Crippen LogP contribution in [0.4, 0.5) is 5.69 Å². The molecule has 2 amide bonds. The Bertz CT molecular complexity index is 779. The number of rotatable bonds is 6. The summed E-state index contributed by atoms with van der Waals surface area (Å²) in [6, 6.07) is 10.4. The highest BCUT2D eigenvalue weighted by molar-refractivity contribution is 9.10. The van der Waals surface area contributed by atoms with Crippen molar-refractivity contribution in [3.8, 4) is 5.75 Å². The van der Waals surface area contributed by atoms with E-state index in [0.29, 0.717) is 15.7 Å². The number of hydrogen-bond donors (Lipinski definition) is 2. The Morgan fingerprint density at radius 3 is 2.44 bits per heavy atom. The van der Waals surface area contributed by atoms with E-state index >= 15 is 0 Å². The Morgan fingerprint density at radius 2 is 1.80 bits per heavy atom. The van der Waals surface area contributed by atoms with Crippen LogP contribution < -0.4 is 15.4 Å². The van der Waals surface area contributed by atoms with Crippen LogP contribution in [0.25, 0.3) is 0 Å². The molecule has 0 aromatic heterocycles. The van der Waals surface area contributed by atoms with E-state index in [1.807, 2.05) is 19.1 Å². The van der Waals surface area contributed by atoms with Gasteiger partial charge in [0.15, 0.2) is 12.4 Å². The molecule has 0 aliphatic rings. The predicted molar refractivity (Wildman–Crippen MR) is 102 cm³/mol. The van der Waals surface area contributed by atoms with E-state index in [-0.39, 0.29) is 24.8 Å². The first kappa shape index (κ1) is 19.6. The van der Waals surface area contributed by atoms with Crippen molar-refractivity contribution in [2.45, 2.75) is 6.92 Å². The summed E-state index contributed by atoms with van der Waals surface area (Å²) in [4.78, 5) is 23.7. The highest BCUT2D eigenvalue weighted by Gasteiger charge is 2.11. The minimum absolute atomic E-state index is 0.173. The number of amides is 2. The number of aryl methyl sites for hydroxylation is 1. The van der Waals surface area contributed by atoms with Crippen molar-refractivity contribution in [3.05, 3.63) is 56.5 Å². The summed E-state index contributed by atoms with van der Waals surface area (Å²) in [6.45, 7) is 1.40. The molecule has 2 rings (SSSR count). The first-order chi connectivity index (χ1) is 11.9. The number of ether oxygens (including phenoxy) is 1. The van der Waals surface area contributed by atoms with Gasteiger partial charge in [-0.25, -0.2) is 0 Å².